The zero-order valence-corrected chi connectivity index (χ0v) is 15.2. The maximum Gasteiger partial charge on any atom is 0.271 e. The molecular formula is C18H24N6O2. The summed E-state index contributed by atoms with van der Waals surface area (Å²) in [6, 6.07) is 0. The fraction of sp³-hybridized carbons (Fsp3) is 0.500. The van der Waals surface area contributed by atoms with Crippen molar-refractivity contribution in [2.45, 2.75) is 32.7 Å². The summed E-state index contributed by atoms with van der Waals surface area (Å²) in [5.74, 6) is 0.462. The lowest BCUT2D eigenvalue weighted by molar-refractivity contribution is -0.130. The highest BCUT2D eigenvalue weighted by molar-refractivity contribution is 5.91. The summed E-state index contributed by atoms with van der Waals surface area (Å²) in [4.78, 5) is 38.1. The molecule has 1 aliphatic rings. The van der Waals surface area contributed by atoms with Crippen molar-refractivity contribution in [3.8, 4) is 0 Å². The summed E-state index contributed by atoms with van der Waals surface area (Å²) in [5, 5.41) is 2.79. The molecule has 8 nitrogen and oxygen atoms in total. The quantitative estimate of drug-likeness (QED) is 0.861. The second kappa shape index (κ2) is 8.07. The van der Waals surface area contributed by atoms with Crippen LogP contribution in [0.15, 0.2) is 24.9 Å². The second-order valence-corrected chi connectivity index (χ2v) is 6.76. The van der Waals surface area contributed by atoms with Gasteiger partial charge in [0.05, 0.1) is 30.5 Å². The summed E-state index contributed by atoms with van der Waals surface area (Å²) in [6.45, 7) is 3.59. The molecule has 0 saturated carbocycles. The Morgan fingerprint density at radius 2 is 1.85 bits per heavy atom. The highest BCUT2D eigenvalue weighted by Crippen LogP contribution is 2.20. The van der Waals surface area contributed by atoms with Crippen molar-refractivity contribution >= 4 is 11.8 Å². The highest BCUT2D eigenvalue weighted by Gasteiger charge is 2.21. The molecule has 1 N–H and O–H groups in total. The Morgan fingerprint density at radius 1 is 1.15 bits per heavy atom. The molecule has 0 bridgehead atoms. The molecule has 2 amide bonds. The maximum atomic E-state index is 12.0. The van der Waals surface area contributed by atoms with Gasteiger partial charge in [-0.25, -0.2) is 4.98 Å². The van der Waals surface area contributed by atoms with E-state index in [1.54, 1.807) is 36.4 Å². The first-order chi connectivity index (χ1) is 12.5. The van der Waals surface area contributed by atoms with Crippen LogP contribution in [0.1, 0.15) is 41.6 Å². The third kappa shape index (κ3) is 4.65. The van der Waals surface area contributed by atoms with Gasteiger partial charge in [-0.1, -0.05) is 0 Å². The average Bonchev–Trinajstić information content (AvgIpc) is 3.08. The van der Waals surface area contributed by atoms with Crippen LogP contribution < -0.4 is 5.32 Å². The third-order valence-corrected chi connectivity index (χ3v) is 4.68. The SMILES string of the molecule is CC(=O)N1CCC(Cc2cnc(CNC(=O)c3cn(C)cn3)cn2)CC1. The van der Waals surface area contributed by atoms with Crippen LogP contribution in [0.3, 0.4) is 0 Å². The molecular weight excluding hydrogens is 332 g/mol. The number of aromatic nitrogens is 4. The van der Waals surface area contributed by atoms with Crippen molar-refractivity contribution in [1.29, 1.82) is 0 Å². The first-order valence-corrected chi connectivity index (χ1v) is 8.82. The minimum absolute atomic E-state index is 0.153. The van der Waals surface area contributed by atoms with E-state index in [1.165, 1.54) is 0 Å². The highest BCUT2D eigenvalue weighted by atomic mass is 16.2. The van der Waals surface area contributed by atoms with Gasteiger partial charge in [0, 0.05) is 39.5 Å². The molecule has 0 spiro atoms. The number of amides is 2. The third-order valence-electron chi connectivity index (χ3n) is 4.68. The molecule has 2 aromatic heterocycles. The van der Waals surface area contributed by atoms with Gasteiger partial charge in [-0.2, -0.15) is 0 Å². The van der Waals surface area contributed by atoms with E-state index in [4.69, 9.17) is 0 Å². The van der Waals surface area contributed by atoms with Crippen molar-refractivity contribution < 1.29 is 9.59 Å². The molecule has 1 fully saturated rings. The molecule has 0 unspecified atom stereocenters. The van der Waals surface area contributed by atoms with E-state index < -0.39 is 0 Å². The Labute approximate surface area is 152 Å². The molecule has 3 rings (SSSR count). The molecule has 138 valence electrons. The maximum absolute atomic E-state index is 12.0. The zero-order chi connectivity index (χ0) is 18.5. The van der Waals surface area contributed by atoms with Crippen LogP contribution in [0, 0.1) is 5.92 Å². The first kappa shape index (κ1) is 18.0. The smallest absolute Gasteiger partial charge is 0.271 e. The summed E-state index contributed by atoms with van der Waals surface area (Å²) >= 11 is 0. The second-order valence-electron chi connectivity index (χ2n) is 6.76. The van der Waals surface area contributed by atoms with Crippen molar-refractivity contribution in [1.82, 2.24) is 29.7 Å². The number of hydrogen-bond acceptors (Lipinski definition) is 5. The van der Waals surface area contributed by atoms with Gasteiger partial charge < -0.3 is 14.8 Å². The van der Waals surface area contributed by atoms with E-state index in [1.807, 2.05) is 11.9 Å². The van der Waals surface area contributed by atoms with Crippen LogP contribution in [0.5, 0.6) is 0 Å². The molecule has 3 heterocycles. The van der Waals surface area contributed by atoms with Gasteiger partial charge in [0.25, 0.3) is 5.91 Å². The Morgan fingerprint density at radius 3 is 2.42 bits per heavy atom. The molecule has 26 heavy (non-hydrogen) atoms. The predicted octanol–water partition coefficient (Wildman–Crippen LogP) is 0.941. The predicted molar refractivity (Wildman–Crippen MR) is 95.1 cm³/mol. The molecule has 0 aromatic carbocycles. The number of hydrogen-bond donors (Lipinski definition) is 1. The van der Waals surface area contributed by atoms with E-state index in [-0.39, 0.29) is 11.8 Å². The molecule has 1 aliphatic heterocycles. The van der Waals surface area contributed by atoms with Crippen molar-refractivity contribution in [2.24, 2.45) is 13.0 Å². The van der Waals surface area contributed by atoms with Gasteiger partial charge in [0.1, 0.15) is 5.69 Å². The van der Waals surface area contributed by atoms with Gasteiger partial charge in [-0.15, -0.1) is 0 Å². The first-order valence-electron chi connectivity index (χ1n) is 8.82. The van der Waals surface area contributed by atoms with Crippen LogP contribution in [-0.2, 0) is 24.8 Å². The standard InChI is InChI=1S/C18H24N6O2/c1-13(25)24-5-3-14(4-6-24)7-15-8-20-16(9-19-15)10-21-18(26)17-11-23(2)12-22-17/h8-9,11-12,14H,3-7,10H2,1-2H3,(H,21,26). The number of nitrogens with one attached hydrogen (secondary N) is 1. The topological polar surface area (TPSA) is 93.0 Å². The number of likely N-dealkylation sites (tertiary alicyclic amines) is 1. The van der Waals surface area contributed by atoms with Crippen LogP contribution >= 0.6 is 0 Å². The molecule has 2 aromatic rings. The number of rotatable bonds is 5. The van der Waals surface area contributed by atoms with E-state index in [0.717, 1.165) is 38.0 Å². The van der Waals surface area contributed by atoms with Crippen molar-refractivity contribution in [3.05, 3.63) is 42.0 Å². The lowest BCUT2D eigenvalue weighted by atomic mass is 9.92. The fourth-order valence-corrected chi connectivity index (χ4v) is 3.12. The van der Waals surface area contributed by atoms with Crippen LogP contribution in [0.25, 0.3) is 0 Å². The van der Waals surface area contributed by atoms with Crippen molar-refractivity contribution in [3.63, 3.8) is 0 Å². The van der Waals surface area contributed by atoms with Crippen LogP contribution in [0.4, 0.5) is 0 Å². The number of carbonyl (C=O) groups is 2. The van der Waals surface area contributed by atoms with Gasteiger partial charge in [-0.05, 0) is 25.2 Å². The minimum Gasteiger partial charge on any atom is -0.345 e. The summed E-state index contributed by atoms with van der Waals surface area (Å²) in [5.41, 5.74) is 2.05. The number of nitrogens with zero attached hydrogens (tertiary/aromatic N) is 5. The normalized spacial score (nSPS) is 15.1. The zero-order valence-electron chi connectivity index (χ0n) is 15.2. The summed E-state index contributed by atoms with van der Waals surface area (Å²) in [7, 11) is 1.82. The molecule has 1 saturated heterocycles. The average molecular weight is 356 g/mol. The van der Waals surface area contributed by atoms with Crippen molar-refractivity contribution in [2.75, 3.05) is 13.1 Å². The van der Waals surface area contributed by atoms with Gasteiger partial charge >= 0.3 is 0 Å². The van der Waals surface area contributed by atoms with Crippen LogP contribution in [0.2, 0.25) is 0 Å². The van der Waals surface area contributed by atoms with E-state index in [9.17, 15) is 9.59 Å². The Balaban J connectivity index is 1.46. The molecule has 0 radical (unpaired) electrons. The van der Waals surface area contributed by atoms with E-state index in [0.29, 0.717) is 23.9 Å². The number of aryl methyl sites for hydroxylation is 1. The fourth-order valence-electron chi connectivity index (χ4n) is 3.12. The lowest BCUT2D eigenvalue weighted by Gasteiger charge is -2.31. The summed E-state index contributed by atoms with van der Waals surface area (Å²) in [6.07, 6.45) is 9.62. The van der Waals surface area contributed by atoms with Gasteiger partial charge in [-0.3, -0.25) is 19.6 Å². The molecule has 8 heteroatoms. The summed E-state index contributed by atoms with van der Waals surface area (Å²) < 4.78 is 1.73. The van der Waals surface area contributed by atoms with Crippen LogP contribution in [-0.4, -0.2) is 49.3 Å². The monoisotopic (exact) mass is 356 g/mol. The number of piperidine rings is 1. The Bertz CT molecular complexity index is 762. The van der Waals surface area contributed by atoms with E-state index >= 15 is 0 Å². The molecule has 0 aliphatic carbocycles. The number of carbonyl (C=O) groups excluding carboxylic acids is 2. The van der Waals surface area contributed by atoms with Gasteiger partial charge in [0.2, 0.25) is 5.91 Å². The van der Waals surface area contributed by atoms with Gasteiger partial charge in [0.15, 0.2) is 0 Å². The minimum atomic E-state index is -0.228. The lowest BCUT2D eigenvalue weighted by Crippen LogP contribution is -2.37. The number of imidazole rings is 1. The van der Waals surface area contributed by atoms with E-state index in [2.05, 4.69) is 20.3 Å². The largest absolute Gasteiger partial charge is 0.345 e. The Hall–Kier alpha value is -2.77. The Kier molecular flexibility index (Phi) is 5.60. The molecule has 0 atom stereocenters.